The summed E-state index contributed by atoms with van der Waals surface area (Å²) in [6.07, 6.45) is 3.87. The van der Waals surface area contributed by atoms with Crippen molar-refractivity contribution in [3.05, 3.63) is 84.1 Å². The van der Waals surface area contributed by atoms with E-state index in [4.69, 9.17) is 0 Å². The van der Waals surface area contributed by atoms with Gasteiger partial charge in [0.1, 0.15) is 0 Å². The zero-order valence-corrected chi connectivity index (χ0v) is 22.7. The Bertz CT molecular complexity index is 1410. The first-order chi connectivity index (χ1) is 18.0. The third-order valence-electron chi connectivity index (χ3n) is 6.26. The maximum absolute atomic E-state index is 14.0. The molecule has 0 N–H and O–H groups in total. The van der Waals surface area contributed by atoms with Crippen LogP contribution in [-0.4, -0.2) is 45.5 Å². The Morgan fingerprint density at radius 1 is 0.946 bits per heavy atom. The van der Waals surface area contributed by atoms with Crippen molar-refractivity contribution >= 4 is 29.4 Å². The second-order valence-corrected chi connectivity index (χ2v) is 15.0. The summed E-state index contributed by atoms with van der Waals surface area (Å²) >= 11 is -1.98. The number of hydrogen-bond donors (Lipinski definition) is 0. The molecule has 0 aliphatic carbocycles. The number of aromatic nitrogens is 4. The van der Waals surface area contributed by atoms with Gasteiger partial charge in [0.25, 0.3) is 0 Å². The summed E-state index contributed by atoms with van der Waals surface area (Å²) in [5, 5.41) is 4.58. The van der Waals surface area contributed by atoms with E-state index in [0.717, 1.165) is 40.6 Å². The van der Waals surface area contributed by atoms with Crippen molar-refractivity contribution < 1.29 is 13.6 Å². The molecule has 2 aromatic carbocycles. The van der Waals surface area contributed by atoms with Crippen molar-refractivity contribution in [1.29, 1.82) is 0 Å². The van der Waals surface area contributed by atoms with Gasteiger partial charge in [0, 0.05) is 0 Å². The Labute approximate surface area is 222 Å². The van der Waals surface area contributed by atoms with Gasteiger partial charge in [0.15, 0.2) is 0 Å². The summed E-state index contributed by atoms with van der Waals surface area (Å²) in [6, 6.07) is 16.2. The number of aryl methyl sites for hydroxylation is 1. The predicted molar refractivity (Wildman–Crippen MR) is 150 cm³/mol. The zero-order chi connectivity index (χ0) is 25.8. The molecule has 192 valence electrons. The first-order valence-electron chi connectivity index (χ1n) is 12.2. The van der Waals surface area contributed by atoms with Crippen LogP contribution in [0.3, 0.4) is 0 Å². The molecule has 2 aromatic heterocycles. The van der Waals surface area contributed by atoms with Crippen LogP contribution in [0, 0.1) is 18.6 Å². The van der Waals surface area contributed by atoms with Crippen molar-refractivity contribution in [2.45, 2.75) is 26.3 Å². The molecule has 4 aromatic rings. The predicted octanol–water partition coefficient (Wildman–Crippen LogP) is 5.93. The van der Waals surface area contributed by atoms with E-state index in [9.17, 15) is 13.6 Å². The van der Waals surface area contributed by atoms with E-state index in [1.807, 2.05) is 12.3 Å². The molecule has 0 amide bonds. The number of hydrogen-bond acceptors (Lipinski definition) is 5. The number of rotatable bonds is 6. The van der Waals surface area contributed by atoms with E-state index in [0.29, 0.717) is 22.8 Å². The van der Waals surface area contributed by atoms with E-state index in [2.05, 4.69) is 33.0 Å². The SMILES string of the molecule is Cc1ccnc(N2CCCCI(C(=O)Cn3nc(-c4cccc(F)c4)nc3-c3cccc(F)c3)CC2)c1. The fraction of sp³-hybridized carbons (Fsp3) is 0.286. The Morgan fingerprint density at radius 3 is 2.46 bits per heavy atom. The topological polar surface area (TPSA) is 63.9 Å². The molecule has 37 heavy (non-hydrogen) atoms. The Balaban J connectivity index is 1.39. The van der Waals surface area contributed by atoms with Crippen molar-refractivity contribution in [3.8, 4) is 22.8 Å². The minimum atomic E-state index is -1.98. The fourth-order valence-corrected chi connectivity index (χ4v) is 9.52. The molecule has 0 saturated carbocycles. The van der Waals surface area contributed by atoms with Crippen LogP contribution in [0.5, 0.6) is 0 Å². The van der Waals surface area contributed by atoms with Gasteiger partial charge >= 0.3 is 223 Å². The molecule has 0 spiro atoms. The number of alkyl halides is 2. The fourth-order valence-electron chi connectivity index (χ4n) is 4.35. The maximum atomic E-state index is 14.0. The van der Waals surface area contributed by atoms with Crippen LogP contribution >= 0.6 is 19.8 Å². The average molecular weight is 615 g/mol. The van der Waals surface area contributed by atoms with Gasteiger partial charge in [-0.15, -0.1) is 0 Å². The van der Waals surface area contributed by atoms with Crippen molar-refractivity contribution in [2.24, 2.45) is 0 Å². The third kappa shape index (κ3) is 6.20. The van der Waals surface area contributed by atoms with Gasteiger partial charge in [0.2, 0.25) is 0 Å². The number of carbonyl (C=O) groups is 1. The molecule has 1 saturated heterocycles. The number of pyridine rings is 1. The van der Waals surface area contributed by atoms with Crippen LogP contribution in [0.25, 0.3) is 22.8 Å². The molecule has 1 aliphatic heterocycles. The molecule has 0 atom stereocenters. The summed E-state index contributed by atoms with van der Waals surface area (Å²) in [5.74, 6) is 0.888. The second kappa shape index (κ2) is 11.5. The summed E-state index contributed by atoms with van der Waals surface area (Å²) in [7, 11) is 0. The molecule has 3 heterocycles. The van der Waals surface area contributed by atoms with E-state index in [1.165, 1.54) is 29.8 Å². The Hall–Kier alpha value is -3.21. The van der Waals surface area contributed by atoms with Gasteiger partial charge in [-0.25, -0.2) is 0 Å². The minimum absolute atomic E-state index is 0.0850. The van der Waals surface area contributed by atoms with Gasteiger partial charge in [-0.1, -0.05) is 0 Å². The molecule has 0 bridgehead atoms. The number of nitrogens with zero attached hydrogens (tertiary/aromatic N) is 5. The quantitative estimate of drug-likeness (QED) is 0.153. The van der Waals surface area contributed by atoms with Gasteiger partial charge < -0.3 is 0 Å². The van der Waals surface area contributed by atoms with Crippen LogP contribution in [0.1, 0.15) is 18.4 Å². The van der Waals surface area contributed by atoms with Gasteiger partial charge in [-0.2, -0.15) is 0 Å². The van der Waals surface area contributed by atoms with Crippen LogP contribution < -0.4 is 4.90 Å². The van der Waals surface area contributed by atoms with Crippen LogP contribution in [0.15, 0.2) is 66.9 Å². The Morgan fingerprint density at radius 2 is 1.70 bits per heavy atom. The van der Waals surface area contributed by atoms with Crippen LogP contribution in [0.4, 0.5) is 14.6 Å². The molecule has 0 radical (unpaired) electrons. The van der Waals surface area contributed by atoms with Gasteiger partial charge in [0.05, 0.1) is 0 Å². The van der Waals surface area contributed by atoms with Crippen molar-refractivity contribution in [1.82, 2.24) is 19.7 Å². The van der Waals surface area contributed by atoms with E-state index in [-0.39, 0.29) is 10.3 Å². The number of anilines is 1. The van der Waals surface area contributed by atoms with Crippen molar-refractivity contribution in [2.75, 3.05) is 26.8 Å². The van der Waals surface area contributed by atoms with Crippen LogP contribution in [-0.2, 0) is 11.3 Å². The number of halogens is 3. The monoisotopic (exact) mass is 615 g/mol. The first-order valence-corrected chi connectivity index (χ1v) is 16.4. The Kier molecular flexibility index (Phi) is 7.87. The normalized spacial score (nSPS) is 15.3. The molecular formula is C28H28F2IN5O. The third-order valence-corrected chi connectivity index (χ3v) is 12.1. The molecule has 5 rings (SSSR count). The number of carbonyl (C=O) groups excluding carboxylic acids is 1. The van der Waals surface area contributed by atoms with E-state index in [1.54, 1.807) is 28.9 Å². The molecule has 0 unspecified atom stereocenters. The van der Waals surface area contributed by atoms with Gasteiger partial charge in [-0.05, 0) is 0 Å². The summed E-state index contributed by atoms with van der Waals surface area (Å²) in [5.41, 5.74) is 2.21. The summed E-state index contributed by atoms with van der Waals surface area (Å²) in [4.78, 5) is 25.0. The molecule has 9 heteroatoms. The number of benzene rings is 2. The second-order valence-electron chi connectivity index (χ2n) is 9.01. The molecule has 1 aliphatic rings. The van der Waals surface area contributed by atoms with Gasteiger partial charge in [-0.3, -0.25) is 0 Å². The molecule has 6 nitrogen and oxygen atoms in total. The van der Waals surface area contributed by atoms with Crippen molar-refractivity contribution in [3.63, 3.8) is 0 Å². The van der Waals surface area contributed by atoms with E-state index >= 15 is 0 Å². The zero-order valence-electron chi connectivity index (χ0n) is 20.6. The standard InChI is InChI=1S/C28H28F2IN5O/c1-20-10-13-32-26(16-20)35-14-3-2-11-31(12-15-35)25(37)19-36-28(22-7-5-9-24(30)18-22)33-27(34-36)21-6-4-8-23(29)17-21/h4-10,13,16-18H,2-3,11-12,14-15,19H2,1H3. The molecular weight excluding hydrogens is 587 g/mol. The summed E-state index contributed by atoms with van der Waals surface area (Å²) in [6.45, 7) is 3.90. The first kappa shape index (κ1) is 25.4. The summed E-state index contributed by atoms with van der Waals surface area (Å²) < 4.78 is 31.5. The molecule has 1 fully saturated rings. The van der Waals surface area contributed by atoms with E-state index < -0.39 is 31.5 Å². The average Bonchev–Trinajstić information content (AvgIpc) is 3.28. The van der Waals surface area contributed by atoms with Crippen LogP contribution in [0.2, 0.25) is 0 Å².